The molecule has 5 heteroatoms. The first kappa shape index (κ1) is 14.7. The predicted octanol–water partition coefficient (Wildman–Crippen LogP) is 2.75. The average molecular weight is 342 g/mol. The molecule has 0 aliphatic carbocycles. The van der Waals surface area contributed by atoms with Crippen molar-refractivity contribution in [1.82, 2.24) is 4.90 Å². The van der Waals surface area contributed by atoms with Gasteiger partial charge in [-0.05, 0) is 30.5 Å². The standard InChI is InChI=1S/C14H20BrN3S/c15-13-5-1-3-12(11-13)4-2-6-17-14(16)18-7-9-19-10-8-18/h1,3,5,11H,2,4,6-10H2,(H2,16,17). The van der Waals surface area contributed by atoms with Gasteiger partial charge in [0.1, 0.15) is 0 Å². The third-order valence-corrected chi connectivity index (χ3v) is 4.56. The highest BCUT2D eigenvalue weighted by molar-refractivity contribution is 9.10. The Balaban J connectivity index is 1.73. The van der Waals surface area contributed by atoms with Crippen LogP contribution in [0.5, 0.6) is 0 Å². The number of guanidine groups is 1. The number of hydrogen-bond acceptors (Lipinski definition) is 2. The topological polar surface area (TPSA) is 41.6 Å². The maximum absolute atomic E-state index is 6.01. The van der Waals surface area contributed by atoms with E-state index < -0.39 is 0 Å². The molecule has 0 amide bonds. The number of thioether (sulfide) groups is 1. The summed E-state index contributed by atoms with van der Waals surface area (Å²) >= 11 is 5.48. The third-order valence-electron chi connectivity index (χ3n) is 3.12. The van der Waals surface area contributed by atoms with E-state index in [1.54, 1.807) is 0 Å². The van der Waals surface area contributed by atoms with Crippen LogP contribution in [0.3, 0.4) is 0 Å². The molecule has 2 N–H and O–H groups in total. The van der Waals surface area contributed by atoms with E-state index in [-0.39, 0.29) is 0 Å². The molecule has 3 nitrogen and oxygen atoms in total. The van der Waals surface area contributed by atoms with Gasteiger partial charge in [0.25, 0.3) is 0 Å². The lowest BCUT2D eigenvalue weighted by Gasteiger charge is -2.27. The molecule has 1 aliphatic heterocycles. The maximum Gasteiger partial charge on any atom is 0.191 e. The Bertz CT molecular complexity index is 430. The van der Waals surface area contributed by atoms with E-state index in [9.17, 15) is 0 Å². The maximum atomic E-state index is 6.01. The Morgan fingerprint density at radius 1 is 1.37 bits per heavy atom. The first-order valence-corrected chi connectivity index (χ1v) is 8.57. The number of nitrogens with zero attached hydrogens (tertiary/aromatic N) is 2. The normalized spacial score (nSPS) is 16.7. The summed E-state index contributed by atoms with van der Waals surface area (Å²) < 4.78 is 1.14. The monoisotopic (exact) mass is 341 g/mol. The van der Waals surface area contributed by atoms with Gasteiger partial charge in [0.05, 0.1) is 0 Å². The van der Waals surface area contributed by atoms with Crippen LogP contribution in [0.15, 0.2) is 33.7 Å². The van der Waals surface area contributed by atoms with Crippen LogP contribution in [0.1, 0.15) is 12.0 Å². The zero-order chi connectivity index (χ0) is 13.5. The molecule has 1 heterocycles. The summed E-state index contributed by atoms with van der Waals surface area (Å²) in [6, 6.07) is 8.44. The highest BCUT2D eigenvalue weighted by atomic mass is 79.9. The Morgan fingerprint density at radius 2 is 2.16 bits per heavy atom. The van der Waals surface area contributed by atoms with E-state index >= 15 is 0 Å². The Hall–Kier alpha value is -0.680. The molecule has 104 valence electrons. The summed E-state index contributed by atoms with van der Waals surface area (Å²) in [5, 5.41) is 0. The number of rotatable bonds is 4. The largest absolute Gasteiger partial charge is 0.370 e. The van der Waals surface area contributed by atoms with Crippen molar-refractivity contribution in [2.24, 2.45) is 10.7 Å². The minimum Gasteiger partial charge on any atom is -0.370 e. The van der Waals surface area contributed by atoms with E-state index in [0.29, 0.717) is 0 Å². The number of aliphatic imine (C=N–C) groups is 1. The minimum atomic E-state index is 0.717. The average Bonchev–Trinajstić information content (AvgIpc) is 2.44. The molecule has 1 aliphatic rings. The first-order chi connectivity index (χ1) is 9.25. The summed E-state index contributed by atoms with van der Waals surface area (Å²) in [4.78, 5) is 6.67. The van der Waals surface area contributed by atoms with Crippen molar-refractivity contribution in [3.8, 4) is 0 Å². The van der Waals surface area contributed by atoms with Gasteiger partial charge in [0.2, 0.25) is 0 Å². The van der Waals surface area contributed by atoms with Gasteiger partial charge in [-0.15, -0.1) is 0 Å². The molecule has 19 heavy (non-hydrogen) atoms. The number of aryl methyl sites for hydroxylation is 1. The summed E-state index contributed by atoms with van der Waals surface area (Å²) in [5.41, 5.74) is 7.36. The Morgan fingerprint density at radius 3 is 2.89 bits per heavy atom. The number of hydrogen-bond donors (Lipinski definition) is 1. The quantitative estimate of drug-likeness (QED) is 0.520. The van der Waals surface area contributed by atoms with Gasteiger partial charge in [-0.25, -0.2) is 0 Å². The summed E-state index contributed by atoms with van der Waals surface area (Å²) in [5.74, 6) is 3.04. The van der Waals surface area contributed by atoms with Crippen LogP contribution in [-0.2, 0) is 6.42 Å². The fourth-order valence-corrected chi connectivity index (χ4v) is 3.41. The number of benzene rings is 1. The van der Waals surface area contributed by atoms with Gasteiger partial charge in [0.15, 0.2) is 5.96 Å². The van der Waals surface area contributed by atoms with Gasteiger partial charge in [-0.2, -0.15) is 11.8 Å². The van der Waals surface area contributed by atoms with Crippen LogP contribution < -0.4 is 5.73 Å². The van der Waals surface area contributed by atoms with Gasteiger partial charge < -0.3 is 10.6 Å². The van der Waals surface area contributed by atoms with Gasteiger partial charge >= 0.3 is 0 Å². The van der Waals surface area contributed by atoms with Crippen LogP contribution in [0.25, 0.3) is 0 Å². The lowest BCUT2D eigenvalue weighted by molar-refractivity contribution is 0.455. The van der Waals surface area contributed by atoms with E-state index in [4.69, 9.17) is 5.73 Å². The van der Waals surface area contributed by atoms with Gasteiger partial charge in [-0.3, -0.25) is 4.99 Å². The summed E-state index contributed by atoms with van der Waals surface area (Å²) in [7, 11) is 0. The molecular weight excluding hydrogens is 322 g/mol. The van der Waals surface area contributed by atoms with E-state index in [1.807, 2.05) is 17.8 Å². The molecule has 1 aromatic rings. The van der Waals surface area contributed by atoms with E-state index in [2.05, 4.69) is 44.0 Å². The molecule has 0 saturated carbocycles. The highest BCUT2D eigenvalue weighted by Gasteiger charge is 2.11. The summed E-state index contributed by atoms with van der Waals surface area (Å²) in [6.07, 6.45) is 2.09. The Labute approximate surface area is 127 Å². The van der Waals surface area contributed by atoms with E-state index in [0.717, 1.165) is 54.4 Å². The molecule has 1 aromatic carbocycles. The highest BCUT2D eigenvalue weighted by Crippen LogP contribution is 2.13. The van der Waals surface area contributed by atoms with Crippen molar-refractivity contribution >= 4 is 33.7 Å². The van der Waals surface area contributed by atoms with Crippen molar-refractivity contribution in [2.45, 2.75) is 12.8 Å². The molecule has 1 saturated heterocycles. The second-order valence-electron chi connectivity index (χ2n) is 4.57. The smallest absolute Gasteiger partial charge is 0.191 e. The fraction of sp³-hybridized carbons (Fsp3) is 0.500. The van der Waals surface area contributed by atoms with Crippen molar-refractivity contribution < 1.29 is 0 Å². The number of halogens is 1. The van der Waals surface area contributed by atoms with Crippen LogP contribution in [0.2, 0.25) is 0 Å². The van der Waals surface area contributed by atoms with Crippen LogP contribution in [-0.4, -0.2) is 42.0 Å². The SMILES string of the molecule is NC(=NCCCc1cccc(Br)c1)N1CCSCC1. The molecule has 1 fully saturated rings. The van der Waals surface area contributed by atoms with Crippen LogP contribution in [0, 0.1) is 0 Å². The molecule has 0 radical (unpaired) electrons. The molecule has 2 rings (SSSR count). The lowest BCUT2D eigenvalue weighted by Crippen LogP contribution is -2.42. The van der Waals surface area contributed by atoms with Crippen molar-refractivity contribution in [1.29, 1.82) is 0 Å². The van der Waals surface area contributed by atoms with Crippen LogP contribution in [0.4, 0.5) is 0 Å². The third kappa shape index (κ3) is 5.07. The molecule has 0 spiro atoms. The molecule has 0 aromatic heterocycles. The predicted molar refractivity (Wildman–Crippen MR) is 87.9 cm³/mol. The number of nitrogens with two attached hydrogens (primary N) is 1. The fourth-order valence-electron chi connectivity index (χ4n) is 2.06. The zero-order valence-electron chi connectivity index (χ0n) is 11.0. The van der Waals surface area contributed by atoms with Gasteiger partial charge in [-0.1, -0.05) is 28.1 Å². The molecule has 0 bridgehead atoms. The van der Waals surface area contributed by atoms with Crippen molar-refractivity contribution in [3.63, 3.8) is 0 Å². The van der Waals surface area contributed by atoms with Gasteiger partial charge in [0, 0.05) is 35.6 Å². The van der Waals surface area contributed by atoms with E-state index in [1.165, 1.54) is 5.56 Å². The first-order valence-electron chi connectivity index (χ1n) is 6.63. The van der Waals surface area contributed by atoms with Crippen molar-refractivity contribution in [3.05, 3.63) is 34.3 Å². The lowest BCUT2D eigenvalue weighted by atomic mass is 10.1. The molecule has 0 atom stereocenters. The second kappa shape index (κ2) is 7.80. The second-order valence-corrected chi connectivity index (χ2v) is 6.71. The molecule has 0 unspecified atom stereocenters. The summed E-state index contributed by atoms with van der Waals surface area (Å²) in [6.45, 7) is 2.87. The zero-order valence-corrected chi connectivity index (χ0v) is 13.4. The van der Waals surface area contributed by atoms with Crippen LogP contribution >= 0.6 is 27.7 Å². The van der Waals surface area contributed by atoms with Crippen molar-refractivity contribution in [2.75, 3.05) is 31.1 Å². The minimum absolute atomic E-state index is 0.717. The molecular formula is C14H20BrN3S. The Kier molecular flexibility index (Phi) is 6.04.